The minimum absolute atomic E-state index is 0.0586. The van der Waals surface area contributed by atoms with Crippen molar-refractivity contribution in [3.8, 4) is 6.07 Å². The van der Waals surface area contributed by atoms with E-state index in [1.165, 1.54) is 12.1 Å². The molecule has 0 aliphatic heterocycles. The van der Waals surface area contributed by atoms with Gasteiger partial charge in [0.25, 0.3) is 0 Å². The fourth-order valence-corrected chi connectivity index (χ4v) is 2.18. The molecule has 2 aromatic carbocycles. The number of anilines is 1. The standard InChI is InChI=1S/C16H14ClFN2/c1-2-16(11-3-5-13(18)6-4-11)20-14-7-8-15(17)12(9-14)10-19/h3-9,16,20H,2H2,1H3. The van der Waals surface area contributed by atoms with Gasteiger partial charge in [-0.05, 0) is 42.3 Å². The second-order valence-electron chi connectivity index (χ2n) is 4.46. The first kappa shape index (κ1) is 14.4. The third-order valence-electron chi connectivity index (χ3n) is 3.11. The van der Waals surface area contributed by atoms with E-state index in [0.29, 0.717) is 10.6 Å². The van der Waals surface area contributed by atoms with Crippen LogP contribution < -0.4 is 5.32 Å². The fraction of sp³-hybridized carbons (Fsp3) is 0.188. The van der Waals surface area contributed by atoms with Crippen LogP contribution >= 0.6 is 11.6 Å². The van der Waals surface area contributed by atoms with Crippen molar-refractivity contribution < 1.29 is 4.39 Å². The average Bonchev–Trinajstić information content (AvgIpc) is 2.47. The van der Waals surface area contributed by atoms with Gasteiger partial charge in [-0.1, -0.05) is 30.7 Å². The maximum atomic E-state index is 13.0. The van der Waals surface area contributed by atoms with Crippen LogP contribution in [0, 0.1) is 17.1 Å². The number of hydrogen-bond acceptors (Lipinski definition) is 2. The lowest BCUT2D eigenvalue weighted by atomic mass is 10.0. The Morgan fingerprint density at radius 2 is 1.95 bits per heavy atom. The summed E-state index contributed by atoms with van der Waals surface area (Å²) in [6, 6.07) is 13.8. The third-order valence-corrected chi connectivity index (χ3v) is 3.44. The molecule has 2 rings (SSSR count). The molecule has 0 spiro atoms. The molecular weight excluding hydrogens is 275 g/mol. The molecule has 1 N–H and O–H groups in total. The van der Waals surface area contributed by atoms with Crippen molar-refractivity contribution in [2.45, 2.75) is 19.4 Å². The minimum Gasteiger partial charge on any atom is -0.378 e. The van der Waals surface area contributed by atoms with Gasteiger partial charge in [0.1, 0.15) is 11.9 Å². The van der Waals surface area contributed by atoms with E-state index in [1.807, 2.05) is 13.0 Å². The molecule has 102 valence electrons. The van der Waals surface area contributed by atoms with Crippen molar-refractivity contribution in [3.63, 3.8) is 0 Å². The predicted octanol–water partition coefficient (Wildman–Crippen LogP) is 4.91. The van der Waals surface area contributed by atoms with Gasteiger partial charge >= 0.3 is 0 Å². The molecule has 0 aromatic heterocycles. The highest BCUT2D eigenvalue weighted by atomic mass is 35.5. The van der Waals surface area contributed by atoms with Crippen LogP contribution in [-0.4, -0.2) is 0 Å². The van der Waals surface area contributed by atoms with Crippen LogP contribution in [0.25, 0.3) is 0 Å². The Labute approximate surface area is 122 Å². The van der Waals surface area contributed by atoms with Crippen molar-refractivity contribution in [2.75, 3.05) is 5.32 Å². The van der Waals surface area contributed by atoms with Crippen LogP contribution in [0.1, 0.15) is 30.5 Å². The molecule has 1 unspecified atom stereocenters. The lowest BCUT2D eigenvalue weighted by Crippen LogP contribution is -2.09. The zero-order valence-electron chi connectivity index (χ0n) is 11.0. The van der Waals surface area contributed by atoms with E-state index in [4.69, 9.17) is 16.9 Å². The topological polar surface area (TPSA) is 35.8 Å². The van der Waals surface area contributed by atoms with Gasteiger partial charge in [-0.3, -0.25) is 0 Å². The summed E-state index contributed by atoms with van der Waals surface area (Å²) in [5.41, 5.74) is 2.26. The number of nitriles is 1. The molecule has 1 atom stereocenters. The van der Waals surface area contributed by atoms with Gasteiger partial charge in [-0.15, -0.1) is 0 Å². The maximum absolute atomic E-state index is 13.0. The lowest BCUT2D eigenvalue weighted by molar-refractivity contribution is 0.625. The van der Waals surface area contributed by atoms with E-state index in [9.17, 15) is 4.39 Å². The lowest BCUT2D eigenvalue weighted by Gasteiger charge is -2.19. The van der Waals surface area contributed by atoms with Gasteiger partial charge in [-0.2, -0.15) is 5.26 Å². The van der Waals surface area contributed by atoms with Crippen molar-refractivity contribution in [1.29, 1.82) is 5.26 Å². The average molecular weight is 289 g/mol. The summed E-state index contributed by atoms with van der Waals surface area (Å²) in [4.78, 5) is 0. The van der Waals surface area contributed by atoms with Crippen LogP contribution in [0.5, 0.6) is 0 Å². The first-order valence-electron chi connectivity index (χ1n) is 6.35. The Bertz CT molecular complexity index is 632. The number of benzene rings is 2. The van der Waals surface area contributed by atoms with Gasteiger partial charge in [0.2, 0.25) is 0 Å². The Morgan fingerprint density at radius 3 is 2.55 bits per heavy atom. The smallest absolute Gasteiger partial charge is 0.123 e. The monoisotopic (exact) mass is 288 g/mol. The molecule has 20 heavy (non-hydrogen) atoms. The first-order valence-corrected chi connectivity index (χ1v) is 6.73. The van der Waals surface area contributed by atoms with E-state index in [1.54, 1.807) is 24.3 Å². The zero-order chi connectivity index (χ0) is 14.5. The molecule has 0 saturated heterocycles. The van der Waals surface area contributed by atoms with Crippen LogP contribution in [0.3, 0.4) is 0 Å². The molecule has 0 aliphatic rings. The summed E-state index contributed by atoms with van der Waals surface area (Å²) < 4.78 is 13.0. The number of nitrogens with zero attached hydrogens (tertiary/aromatic N) is 1. The molecule has 0 saturated carbocycles. The highest BCUT2D eigenvalue weighted by Crippen LogP contribution is 2.25. The molecule has 4 heteroatoms. The van der Waals surface area contributed by atoms with Crippen LogP contribution in [0.2, 0.25) is 5.02 Å². The minimum atomic E-state index is -0.248. The first-order chi connectivity index (χ1) is 9.63. The largest absolute Gasteiger partial charge is 0.378 e. The second kappa shape index (κ2) is 6.40. The molecule has 0 aliphatic carbocycles. The SMILES string of the molecule is CCC(Nc1ccc(Cl)c(C#N)c1)c1ccc(F)cc1. The Kier molecular flexibility index (Phi) is 4.60. The number of rotatable bonds is 4. The predicted molar refractivity (Wildman–Crippen MR) is 79.2 cm³/mol. The van der Waals surface area contributed by atoms with Gasteiger partial charge in [-0.25, -0.2) is 4.39 Å². The van der Waals surface area contributed by atoms with Gasteiger partial charge in [0, 0.05) is 5.69 Å². The molecule has 0 radical (unpaired) electrons. The summed E-state index contributed by atoms with van der Waals surface area (Å²) >= 11 is 5.91. The van der Waals surface area contributed by atoms with E-state index in [0.717, 1.165) is 17.7 Å². The van der Waals surface area contributed by atoms with Crippen molar-refractivity contribution in [2.24, 2.45) is 0 Å². The maximum Gasteiger partial charge on any atom is 0.123 e. The second-order valence-corrected chi connectivity index (χ2v) is 4.87. The molecule has 2 nitrogen and oxygen atoms in total. The molecule has 0 heterocycles. The quantitative estimate of drug-likeness (QED) is 0.867. The summed E-state index contributed by atoms with van der Waals surface area (Å²) in [5.74, 6) is -0.248. The number of halogens is 2. The Hall–Kier alpha value is -2.05. The molecule has 0 amide bonds. The van der Waals surface area contributed by atoms with Gasteiger partial charge in [0.05, 0.1) is 16.6 Å². The van der Waals surface area contributed by atoms with Crippen LogP contribution in [-0.2, 0) is 0 Å². The van der Waals surface area contributed by atoms with Crippen molar-refractivity contribution in [3.05, 3.63) is 64.4 Å². The van der Waals surface area contributed by atoms with Crippen molar-refractivity contribution >= 4 is 17.3 Å². The summed E-state index contributed by atoms with van der Waals surface area (Å²) in [5, 5.41) is 12.7. The zero-order valence-corrected chi connectivity index (χ0v) is 11.8. The van der Waals surface area contributed by atoms with E-state index in [2.05, 4.69) is 11.4 Å². The fourth-order valence-electron chi connectivity index (χ4n) is 2.02. The van der Waals surface area contributed by atoms with E-state index >= 15 is 0 Å². The molecule has 2 aromatic rings. The van der Waals surface area contributed by atoms with Gasteiger partial charge in [0.15, 0.2) is 0 Å². The summed E-state index contributed by atoms with van der Waals surface area (Å²) in [6.07, 6.45) is 0.843. The summed E-state index contributed by atoms with van der Waals surface area (Å²) in [7, 11) is 0. The Morgan fingerprint density at radius 1 is 1.25 bits per heavy atom. The van der Waals surface area contributed by atoms with E-state index in [-0.39, 0.29) is 11.9 Å². The molecule has 0 fully saturated rings. The summed E-state index contributed by atoms with van der Waals surface area (Å²) in [6.45, 7) is 2.04. The van der Waals surface area contributed by atoms with E-state index < -0.39 is 0 Å². The molecular formula is C16H14ClFN2. The number of hydrogen-bond donors (Lipinski definition) is 1. The van der Waals surface area contributed by atoms with Crippen LogP contribution in [0.4, 0.5) is 10.1 Å². The highest BCUT2D eigenvalue weighted by Gasteiger charge is 2.10. The third kappa shape index (κ3) is 3.28. The van der Waals surface area contributed by atoms with Gasteiger partial charge < -0.3 is 5.32 Å². The Balaban J connectivity index is 2.22. The molecule has 0 bridgehead atoms. The highest BCUT2D eigenvalue weighted by molar-refractivity contribution is 6.31. The van der Waals surface area contributed by atoms with Crippen LogP contribution in [0.15, 0.2) is 42.5 Å². The van der Waals surface area contributed by atoms with Crippen molar-refractivity contribution in [1.82, 2.24) is 0 Å². The number of nitrogens with one attached hydrogen (secondary N) is 1. The normalized spacial score (nSPS) is 11.7.